The van der Waals surface area contributed by atoms with E-state index in [0.717, 1.165) is 24.3 Å². The van der Waals surface area contributed by atoms with Gasteiger partial charge in [-0.25, -0.2) is 24.9 Å². The molecule has 0 aliphatic carbocycles. The van der Waals surface area contributed by atoms with Gasteiger partial charge in [-0.05, 0) is 36.6 Å². The van der Waals surface area contributed by atoms with E-state index in [0.29, 0.717) is 22.9 Å². The van der Waals surface area contributed by atoms with Gasteiger partial charge >= 0.3 is 0 Å². The Hall–Kier alpha value is -3.61. The molecule has 0 aliphatic heterocycles. The predicted octanol–water partition coefficient (Wildman–Crippen LogP) is 3.57. The second kappa shape index (κ2) is 7.74. The summed E-state index contributed by atoms with van der Waals surface area (Å²) in [6.07, 6.45) is 7.38. The first-order valence-corrected chi connectivity index (χ1v) is 8.63. The van der Waals surface area contributed by atoms with Gasteiger partial charge in [-0.15, -0.1) is 0 Å². The summed E-state index contributed by atoms with van der Waals surface area (Å²) in [7, 11) is 0. The molecular weight excluding hydrogens is 340 g/mol. The van der Waals surface area contributed by atoms with Gasteiger partial charge in [-0.3, -0.25) is 0 Å². The maximum Gasteiger partial charge on any atom is 0.219 e. The van der Waals surface area contributed by atoms with Crippen molar-refractivity contribution < 1.29 is 4.74 Å². The van der Waals surface area contributed by atoms with Crippen LogP contribution in [0.25, 0.3) is 11.2 Å². The van der Waals surface area contributed by atoms with Gasteiger partial charge in [-0.1, -0.05) is 18.2 Å². The standard InChI is InChI=1S/C20H18N6O/c1-14-2-7-17(24-12-14)27-16-5-3-15(4-6-16)8-9-22-19-18-20(26-13-25-19)23-11-10-21-18/h2-7,10-13H,8-9H2,1H3,(H,22,23,25,26). The van der Waals surface area contributed by atoms with Gasteiger partial charge in [-0.2, -0.15) is 0 Å². The SMILES string of the molecule is Cc1ccc(Oc2ccc(CCNc3ncnc4nccnc34)cc2)nc1. The van der Waals surface area contributed by atoms with Crippen LogP contribution in [-0.2, 0) is 6.42 Å². The number of nitrogens with zero attached hydrogens (tertiary/aromatic N) is 5. The maximum atomic E-state index is 5.75. The molecule has 3 heterocycles. The molecule has 0 spiro atoms. The molecule has 0 radical (unpaired) electrons. The van der Waals surface area contributed by atoms with E-state index >= 15 is 0 Å². The largest absolute Gasteiger partial charge is 0.439 e. The van der Waals surface area contributed by atoms with Gasteiger partial charge in [0.15, 0.2) is 11.5 Å². The van der Waals surface area contributed by atoms with Gasteiger partial charge < -0.3 is 10.1 Å². The van der Waals surface area contributed by atoms with Gasteiger partial charge in [0.05, 0.1) is 0 Å². The predicted molar refractivity (Wildman–Crippen MR) is 103 cm³/mol. The number of anilines is 1. The van der Waals surface area contributed by atoms with E-state index in [4.69, 9.17) is 4.74 Å². The van der Waals surface area contributed by atoms with Crippen molar-refractivity contribution in [2.45, 2.75) is 13.3 Å². The molecule has 1 aromatic carbocycles. The minimum Gasteiger partial charge on any atom is -0.439 e. The Morgan fingerprint density at radius 3 is 2.56 bits per heavy atom. The summed E-state index contributed by atoms with van der Waals surface area (Å²) in [6, 6.07) is 11.8. The molecule has 0 atom stereocenters. The quantitative estimate of drug-likeness (QED) is 0.564. The van der Waals surface area contributed by atoms with E-state index < -0.39 is 0 Å². The fourth-order valence-corrected chi connectivity index (χ4v) is 2.61. The summed E-state index contributed by atoms with van der Waals surface area (Å²) in [5.41, 5.74) is 3.55. The summed E-state index contributed by atoms with van der Waals surface area (Å²) < 4.78 is 5.75. The van der Waals surface area contributed by atoms with Crippen LogP contribution in [0.3, 0.4) is 0 Å². The third-order valence-electron chi connectivity index (χ3n) is 4.01. The molecule has 7 nitrogen and oxygen atoms in total. The number of aromatic nitrogens is 5. The highest BCUT2D eigenvalue weighted by molar-refractivity contribution is 5.81. The van der Waals surface area contributed by atoms with Crippen LogP contribution in [0.15, 0.2) is 61.3 Å². The van der Waals surface area contributed by atoms with Gasteiger partial charge in [0.1, 0.15) is 17.6 Å². The van der Waals surface area contributed by atoms with Gasteiger partial charge in [0, 0.05) is 31.2 Å². The molecular formula is C20H18N6O. The molecule has 134 valence electrons. The summed E-state index contributed by atoms with van der Waals surface area (Å²) >= 11 is 0. The molecule has 0 saturated heterocycles. The zero-order valence-corrected chi connectivity index (χ0v) is 14.8. The van der Waals surface area contributed by atoms with Gasteiger partial charge in [0.2, 0.25) is 5.88 Å². The molecule has 4 aromatic rings. The maximum absolute atomic E-state index is 5.75. The van der Waals surface area contributed by atoms with Crippen molar-refractivity contribution in [1.29, 1.82) is 0 Å². The lowest BCUT2D eigenvalue weighted by atomic mass is 10.1. The highest BCUT2D eigenvalue weighted by atomic mass is 16.5. The van der Waals surface area contributed by atoms with E-state index in [1.54, 1.807) is 18.6 Å². The summed E-state index contributed by atoms with van der Waals surface area (Å²) in [5, 5.41) is 3.30. The summed E-state index contributed by atoms with van der Waals surface area (Å²) in [4.78, 5) is 21.1. The number of benzene rings is 1. The first-order chi connectivity index (χ1) is 13.3. The van der Waals surface area contributed by atoms with Crippen molar-refractivity contribution in [2.75, 3.05) is 11.9 Å². The Morgan fingerprint density at radius 2 is 1.74 bits per heavy atom. The number of pyridine rings is 1. The van der Waals surface area contributed by atoms with Crippen LogP contribution >= 0.6 is 0 Å². The lowest BCUT2D eigenvalue weighted by molar-refractivity contribution is 0.462. The van der Waals surface area contributed by atoms with Crippen LogP contribution in [0.1, 0.15) is 11.1 Å². The van der Waals surface area contributed by atoms with Crippen LogP contribution < -0.4 is 10.1 Å². The first-order valence-electron chi connectivity index (χ1n) is 8.63. The first kappa shape index (κ1) is 16.8. The Balaban J connectivity index is 1.35. The summed E-state index contributed by atoms with van der Waals surface area (Å²) in [5.74, 6) is 2.05. The number of ether oxygens (including phenoxy) is 1. The fraction of sp³-hybridized carbons (Fsp3) is 0.150. The fourth-order valence-electron chi connectivity index (χ4n) is 2.61. The van der Waals surface area contributed by atoms with Crippen LogP contribution in [0.2, 0.25) is 0 Å². The molecule has 27 heavy (non-hydrogen) atoms. The highest BCUT2D eigenvalue weighted by Crippen LogP contribution is 2.20. The molecule has 0 saturated carbocycles. The van der Waals surface area contributed by atoms with E-state index in [9.17, 15) is 0 Å². The molecule has 3 aromatic heterocycles. The lowest BCUT2D eigenvalue weighted by Crippen LogP contribution is -2.08. The summed E-state index contributed by atoms with van der Waals surface area (Å²) in [6.45, 7) is 2.72. The van der Waals surface area contributed by atoms with Gasteiger partial charge in [0.25, 0.3) is 0 Å². The molecule has 0 amide bonds. The molecule has 0 fully saturated rings. The average Bonchev–Trinajstić information content (AvgIpc) is 2.71. The zero-order chi connectivity index (χ0) is 18.5. The average molecular weight is 358 g/mol. The Bertz CT molecular complexity index is 1030. The topological polar surface area (TPSA) is 85.7 Å². The molecule has 0 unspecified atom stereocenters. The molecule has 0 aliphatic rings. The Kier molecular flexibility index (Phi) is 4.82. The molecule has 0 bridgehead atoms. The molecule has 7 heteroatoms. The minimum absolute atomic E-state index is 0.584. The van der Waals surface area contributed by atoms with Crippen molar-refractivity contribution in [1.82, 2.24) is 24.9 Å². The van der Waals surface area contributed by atoms with Crippen molar-refractivity contribution in [3.8, 4) is 11.6 Å². The number of fused-ring (bicyclic) bond motifs is 1. The third kappa shape index (κ3) is 4.14. The number of hydrogen-bond acceptors (Lipinski definition) is 7. The second-order valence-corrected chi connectivity index (χ2v) is 6.05. The zero-order valence-electron chi connectivity index (χ0n) is 14.8. The monoisotopic (exact) mass is 358 g/mol. The Labute approximate surface area is 156 Å². The van der Waals surface area contributed by atoms with Crippen molar-refractivity contribution >= 4 is 17.0 Å². The highest BCUT2D eigenvalue weighted by Gasteiger charge is 2.05. The van der Waals surface area contributed by atoms with E-state index in [1.165, 1.54) is 11.9 Å². The van der Waals surface area contributed by atoms with E-state index in [2.05, 4.69) is 30.2 Å². The van der Waals surface area contributed by atoms with Crippen LogP contribution in [0.4, 0.5) is 5.82 Å². The van der Waals surface area contributed by atoms with Crippen LogP contribution in [0.5, 0.6) is 11.6 Å². The van der Waals surface area contributed by atoms with E-state index in [1.807, 2.05) is 43.3 Å². The van der Waals surface area contributed by atoms with Crippen molar-refractivity contribution in [3.63, 3.8) is 0 Å². The molecule has 4 rings (SSSR count). The lowest BCUT2D eigenvalue weighted by Gasteiger charge is -2.08. The Morgan fingerprint density at radius 1 is 0.889 bits per heavy atom. The third-order valence-corrected chi connectivity index (χ3v) is 4.01. The normalized spacial score (nSPS) is 10.7. The van der Waals surface area contributed by atoms with Crippen LogP contribution in [0, 0.1) is 6.92 Å². The smallest absolute Gasteiger partial charge is 0.219 e. The van der Waals surface area contributed by atoms with Crippen molar-refractivity contribution in [2.24, 2.45) is 0 Å². The number of nitrogens with one attached hydrogen (secondary N) is 1. The number of aryl methyl sites for hydroxylation is 1. The number of rotatable bonds is 6. The second-order valence-electron chi connectivity index (χ2n) is 6.05. The van der Waals surface area contributed by atoms with Crippen LogP contribution in [-0.4, -0.2) is 31.5 Å². The van der Waals surface area contributed by atoms with E-state index in [-0.39, 0.29) is 0 Å². The van der Waals surface area contributed by atoms with Crippen molar-refractivity contribution in [3.05, 3.63) is 72.4 Å². The minimum atomic E-state index is 0.584. The number of hydrogen-bond donors (Lipinski definition) is 1. The molecule has 1 N–H and O–H groups in total.